The summed E-state index contributed by atoms with van der Waals surface area (Å²) in [6, 6.07) is 1.85. The van der Waals surface area contributed by atoms with Gasteiger partial charge in [0.25, 0.3) is 0 Å². The van der Waals surface area contributed by atoms with Crippen LogP contribution in [0.15, 0.2) is 10.5 Å². The lowest BCUT2D eigenvalue weighted by Crippen LogP contribution is -2.29. The molecule has 0 unspecified atom stereocenters. The fourth-order valence-electron chi connectivity index (χ4n) is 2.17. The SMILES string of the molecule is CCCN(Cc1cc(OC)c(NCCO)c(N)c1Br)C(C)=O. The molecule has 0 aromatic heterocycles. The highest BCUT2D eigenvalue weighted by atomic mass is 79.9. The van der Waals surface area contributed by atoms with Crippen molar-refractivity contribution in [2.75, 3.05) is 37.9 Å². The molecular formula is C15H24BrN3O3. The Balaban J connectivity index is 3.15. The summed E-state index contributed by atoms with van der Waals surface area (Å²) < 4.78 is 6.10. The molecule has 0 heterocycles. The first-order valence-corrected chi connectivity index (χ1v) is 8.00. The normalized spacial score (nSPS) is 10.4. The molecule has 0 bridgehead atoms. The molecule has 1 aromatic carbocycles. The van der Waals surface area contributed by atoms with E-state index in [0.717, 1.165) is 16.5 Å². The predicted octanol–water partition coefficient (Wildman–Crippen LogP) is 2.20. The van der Waals surface area contributed by atoms with Crippen LogP contribution in [-0.4, -0.2) is 42.7 Å². The zero-order valence-electron chi connectivity index (χ0n) is 13.3. The maximum atomic E-state index is 11.7. The van der Waals surface area contributed by atoms with Crippen molar-refractivity contribution in [1.82, 2.24) is 4.90 Å². The quantitative estimate of drug-likeness (QED) is 0.608. The van der Waals surface area contributed by atoms with Crippen LogP contribution in [0.5, 0.6) is 5.75 Å². The minimum Gasteiger partial charge on any atom is -0.494 e. The largest absolute Gasteiger partial charge is 0.494 e. The van der Waals surface area contributed by atoms with Gasteiger partial charge in [-0.3, -0.25) is 4.79 Å². The topological polar surface area (TPSA) is 87.8 Å². The van der Waals surface area contributed by atoms with Gasteiger partial charge in [-0.05, 0) is 34.0 Å². The minimum atomic E-state index is -0.00339. The smallest absolute Gasteiger partial charge is 0.219 e. The van der Waals surface area contributed by atoms with Gasteiger partial charge in [0.15, 0.2) is 0 Å². The van der Waals surface area contributed by atoms with Crippen LogP contribution in [0, 0.1) is 0 Å². The molecule has 6 nitrogen and oxygen atoms in total. The highest BCUT2D eigenvalue weighted by Gasteiger charge is 2.18. The van der Waals surface area contributed by atoms with Gasteiger partial charge >= 0.3 is 0 Å². The number of carbonyl (C=O) groups excluding carboxylic acids is 1. The van der Waals surface area contributed by atoms with E-state index in [4.69, 9.17) is 15.6 Å². The minimum absolute atomic E-state index is 0.00339. The molecule has 0 fully saturated rings. The predicted molar refractivity (Wildman–Crippen MR) is 92.1 cm³/mol. The van der Waals surface area contributed by atoms with E-state index >= 15 is 0 Å². The van der Waals surface area contributed by atoms with E-state index in [2.05, 4.69) is 21.2 Å². The van der Waals surface area contributed by atoms with Crippen molar-refractivity contribution in [3.63, 3.8) is 0 Å². The summed E-state index contributed by atoms with van der Waals surface area (Å²) in [6.07, 6.45) is 0.889. The average Bonchev–Trinajstić information content (AvgIpc) is 2.49. The number of rotatable bonds is 8. The van der Waals surface area contributed by atoms with E-state index in [-0.39, 0.29) is 12.5 Å². The van der Waals surface area contributed by atoms with E-state index in [0.29, 0.717) is 36.8 Å². The summed E-state index contributed by atoms with van der Waals surface area (Å²) >= 11 is 3.49. The number of nitrogen functional groups attached to an aromatic ring is 1. The molecule has 0 saturated carbocycles. The second kappa shape index (κ2) is 8.85. The fourth-order valence-corrected chi connectivity index (χ4v) is 2.61. The lowest BCUT2D eigenvalue weighted by Gasteiger charge is -2.23. The number of hydrogen-bond acceptors (Lipinski definition) is 5. The van der Waals surface area contributed by atoms with E-state index in [1.807, 2.05) is 13.0 Å². The summed E-state index contributed by atoms with van der Waals surface area (Å²) in [6.45, 7) is 5.11. The van der Waals surface area contributed by atoms with Crippen LogP contribution in [0.1, 0.15) is 25.8 Å². The highest BCUT2D eigenvalue weighted by molar-refractivity contribution is 9.10. The van der Waals surface area contributed by atoms with Crippen molar-refractivity contribution in [3.8, 4) is 5.75 Å². The van der Waals surface area contributed by atoms with Gasteiger partial charge in [-0.25, -0.2) is 0 Å². The molecule has 0 aliphatic carbocycles. The fraction of sp³-hybridized carbons (Fsp3) is 0.533. The molecule has 0 saturated heterocycles. The molecule has 0 atom stereocenters. The van der Waals surface area contributed by atoms with Crippen molar-refractivity contribution >= 4 is 33.2 Å². The van der Waals surface area contributed by atoms with Gasteiger partial charge in [0.2, 0.25) is 5.91 Å². The molecule has 0 aliphatic heterocycles. The van der Waals surface area contributed by atoms with Crippen molar-refractivity contribution in [1.29, 1.82) is 0 Å². The number of nitrogens with zero attached hydrogens (tertiary/aromatic N) is 1. The van der Waals surface area contributed by atoms with Crippen LogP contribution in [0.4, 0.5) is 11.4 Å². The summed E-state index contributed by atoms with van der Waals surface area (Å²) in [5.74, 6) is 0.609. The monoisotopic (exact) mass is 373 g/mol. The number of nitrogens with two attached hydrogens (primary N) is 1. The van der Waals surface area contributed by atoms with Crippen LogP contribution in [-0.2, 0) is 11.3 Å². The van der Waals surface area contributed by atoms with Crippen molar-refractivity contribution < 1.29 is 14.6 Å². The van der Waals surface area contributed by atoms with Crippen molar-refractivity contribution in [3.05, 3.63) is 16.1 Å². The van der Waals surface area contributed by atoms with Gasteiger partial charge in [0, 0.05) is 31.0 Å². The molecule has 124 valence electrons. The summed E-state index contributed by atoms with van der Waals surface area (Å²) in [7, 11) is 1.56. The molecule has 1 amide bonds. The second-order valence-corrected chi connectivity index (χ2v) is 5.72. The number of halogens is 1. The van der Waals surface area contributed by atoms with E-state index in [1.54, 1.807) is 18.9 Å². The number of anilines is 2. The standard InChI is InChI=1S/C15H24BrN3O3/c1-4-6-19(10(2)21)9-11-8-12(22-3)15(18-5-7-20)14(17)13(11)16/h8,18,20H,4-7,9,17H2,1-3H3. The van der Waals surface area contributed by atoms with Gasteiger partial charge in [-0.2, -0.15) is 0 Å². The van der Waals surface area contributed by atoms with Crippen LogP contribution in [0.3, 0.4) is 0 Å². The van der Waals surface area contributed by atoms with E-state index in [1.165, 1.54) is 0 Å². The van der Waals surface area contributed by atoms with Gasteiger partial charge in [-0.15, -0.1) is 0 Å². The second-order valence-electron chi connectivity index (χ2n) is 4.93. The molecule has 1 rings (SSSR count). The zero-order chi connectivity index (χ0) is 16.7. The third-order valence-corrected chi connectivity index (χ3v) is 4.21. The van der Waals surface area contributed by atoms with Crippen molar-refractivity contribution in [2.24, 2.45) is 0 Å². The van der Waals surface area contributed by atoms with Gasteiger partial charge in [0.1, 0.15) is 11.4 Å². The third kappa shape index (κ3) is 4.51. The number of amides is 1. The van der Waals surface area contributed by atoms with Crippen molar-refractivity contribution in [2.45, 2.75) is 26.8 Å². The number of aliphatic hydroxyl groups excluding tert-OH is 1. The Labute approximate surface area is 139 Å². The molecule has 7 heteroatoms. The average molecular weight is 374 g/mol. The summed E-state index contributed by atoms with van der Waals surface area (Å²) in [5.41, 5.74) is 8.17. The number of carbonyl (C=O) groups is 1. The Kier molecular flexibility index (Phi) is 7.47. The lowest BCUT2D eigenvalue weighted by molar-refractivity contribution is -0.129. The molecule has 1 aromatic rings. The third-order valence-electron chi connectivity index (χ3n) is 3.27. The molecule has 4 N–H and O–H groups in total. The van der Waals surface area contributed by atoms with Gasteiger partial charge in [0.05, 0.1) is 19.4 Å². The summed E-state index contributed by atoms with van der Waals surface area (Å²) in [4.78, 5) is 13.5. The van der Waals surface area contributed by atoms with Gasteiger partial charge in [-0.1, -0.05) is 6.92 Å². The van der Waals surface area contributed by atoms with Gasteiger partial charge < -0.3 is 25.8 Å². The number of benzene rings is 1. The number of nitrogens with one attached hydrogen (secondary N) is 1. The highest BCUT2D eigenvalue weighted by Crippen LogP contribution is 2.39. The van der Waals surface area contributed by atoms with E-state index in [9.17, 15) is 4.79 Å². The number of aliphatic hydroxyl groups is 1. The first kappa shape index (κ1) is 18.6. The Morgan fingerprint density at radius 3 is 2.73 bits per heavy atom. The lowest BCUT2D eigenvalue weighted by atomic mass is 10.1. The Morgan fingerprint density at radius 2 is 2.23 bits per heavy atom. The van der Waals surface area contributed by atoms with Crippen LogP contribution in [0.25, 0.3) is 0 Å². The Morgan fingerprint density at radius 1 is 1.55 bits per heavy atom. The van der Waals surface area contributed by atoms with Crippen LogP contribution < -0.4 is 15.8 Å². The molecule has 0 spiro atoms. The molecule has 22 heavy (non-hydrogen) atoms. The molecular weight excluding hydrogens is 350 g/mol. The van der Waals surface area contributed by atoms with E-state index < -0.39 is 0 Å². The maximum Gasteiger partial charge on any atom is 0.219 e. The number of ether oxygens (including phenoxy) is 1. The maximum absolute atomic E-state index is 11.7. The molecule has 0 radical (unpaired) electrons. The van der Waals surface area contributed by atoms with Crippen LogP contribution >= 0.6 is 15.9 Å². The molecule has 0 aliphatic rings. The first-order valence-electron chi connectivity index (χ1n) is 7.21. The Hall–Kier alpha value is -1.47. The summed E-state index contributed by atoms with van der Waals surface area (Å²) in [5, 5.41) is 12.0. The number of methoxy groups -OCH3 is 1. The Bertz CT molecular complexity index is 523. The van der Waals surface area contributed by atoms with Crippen LogP contribution in [0.2, 0.25) is 0 Å². The number of hydrogen-bond donors (Lipinski definition) is 3. The zero-order valence-corrected chi connectivity index (χ0v) is 14.9. The first-order chi connectivity index (χ1) is 10.5.